The number of likely N-dealkylation sites (tertiary alicyclic amines) is 1. The molecule has 0 radical (unpaired) electrons. The lowest BCUT2D eigenvalue weighted by Crippen LogP contribution is -2.42. The summed E-state index contributed by atoms with van der Waals surface area (Å²) in [6.45, 7) is 7.94. The largest absolute Gasteiger partial charge is 0.480 e. The molecule has 1 fully saturated rings. The van der Waals surface area contributed by atoms with Crippen molar-refractivity contribution >= 4 is 11.9 Å². The Bertz CT molecular complexity index is 859. The molecule has 29 heavy (non-hydrogen) atoms. The predicted octanol–water partition coefficient (Wildman–Crippen LogP) is 2.78. The van der Waals surface area contributed by atoms with Gasteiger partial charge in [-0.3, -0.25) is 14.5 Å². The molecule has 1 unspecified atom stereocenters. The zero-order valence-electron chi connectivity index (χ0n) is 17.5. The van der Waals surface area contributed by atoms with Crippen molar-refractivity contribution in [3.8, 4) is 5.69 Å². The van der Waals surface area contributed by atoms with Crippen molar-refractivity contribution in [3.63, 3.8) is 0 Å². The van der Waals surface area contributed by atoms with E-state index in [9.17, 15) is 9.59 Å². The van der Waals surface area contributed by atoms with E-state index in [1.807, 2.05) is 11.6 Å². The monoisotopic (exact) mass is 398 g/mol. The van der Waals surface area contributed by atoms with E-state index < -0.39 is 5.97 Å². The number of aromatic nitrogens is 2. The van der Waals surface area contributed by atoms with E-state index in [0.29, 0.717) is 0 Å². The maximum Gasteiger partial charge on any atom is 0.323 e. The van der Waals surface area contributed by atoms with Crippen molar-refractivity contribution in [2.75, 3.05) is 19.6 Å². The molecule has 2 aromatic rings. The van der Waals surface area contributed by atoms with Crippen LogP contribution in [0.15, 0.2) is 30.3 Å². The molecule has 0 bridgehead atoms. The normalized spacial score (nSPS) is 17.7. The first-order valence-electron chi connectivity index (χ1n) is 10.2. The van der Waals surface area contributed by atoms with Gasteiger partial charge in [0.15, 0.2) is 0 Å². The first kappa shape index (κ1) is 21.0. The highest BCUT2D eigenvalue weighted by molar-refractivity contribution is 5.79. The molecule has 156 valence electrons. The molecule has 0 spiro atoms. The van der Waals surface area contributed by atoms with Gasteiger partial charge in [-0.15, -0.1) is 0 Å². The molecule has 1 aromatic heterocycles. The third-order valence-electron chi connectivity index (χ3n) is 5.54. The van der Waals surface area contributed by atoms with Crippen LogP contribution in [0, 0.1) is 13.8 Å². The van der Waals surface area contributed by atoms with Gasteiger partial charge >= 0.3 is 5.97 Å². The fourth-order valence-corrected chi connectivity index (χ4v) is 4.14. The van der Waals surface area contributed by atoms with Gasteiger partial charge in [0.2, 0.25) is 5.91 Å². The Hall–Kier alpha value is -2.67. The van der Waals surface area contributed by atoms with Crippen molar-refractivity contribution in [2.24, 2.45) is 0 Å². The number of rotatable bonds is 6. The van der Waals surface area contributed by atoms with Crippen LogP contribution in [0.5, 0.6) is 0 Å². The number of benzene rings is 1. The number of amides is 1. The van der Waals surface area contributed by atoms with Crippen LogP contribution in [0.1, 0.15) is 43.1 Å². The molecule has 1 N–H and O–H groups in total. The van der Waals surface area contributed by atoms with Gasteiger partial charge in [0.1, 0.15) is 6.54 Å². The minimum absolute atomic E-state index is 0.00186. The van der Waals surface area contributed by atoms with E-state index in [1.165, 1.54) is 17.4 Å². The molecule has 1 atom stereocenters. The zero-order chi connectivity index (χ0) is 21.0. The Labute approximate surface area is 171 Å². The SMILES string of the molecule is CC(=O)N(CC(=O)O)C1CCCN(Cc2ccc(-n3nc(C)cc3C)cc2)CC1. The smallest absolute Gasteiger partial charge is 0.323 e. The number of aliphatic carboxylic acids is 1. The van der Waals surface area contributed by atoms with Crippen LogP contribution in [0.3, 0.4) is 0 Å². The third-order valence-corrected chi connectivity index (χ3v) is 5.54. The molecule has 1 amide bonds. The first-order valence-corrected chi connectivity index (χ1v) is 10.2. The molecule has 1 aromatic carbocycles. The van der Waals surface area contributed by atoms with Crippen LogP contribution in [0.4, 0.5) is 0 Å². The number of carbonyl (C=O) groups excluding carboxylic acids is 1. The Kier molecular flexibility index (Phi) is 6.69. The summed E-state index contributed by atoms with van der Waals surface area (Å²) < 4.78 is 1.95. The second-order valence-electron chi connectivity index (χ2n) is 7.91. The van der Waals surface area contributed by atoms with Crippen LogP contribution in [0.25, 0.3) is 5.69 Å². The lowest BCUT2D eigenvalue weighted by molar-refractivity contribution is -0.145. The van der Waals surface area contributed by atoms with Gasteiger partial charge in [0.25, 0.3) is 0 Å². The summed E-state index contributed by atoms with van der Waals surface area (Å²) in [6, 6.07) is 10.5. The van der Waals surface area contributed by atoms with Crippen LogP contribution >= 0.6 is 0 Å². The molecule has 2 heterocycles. The van der Waals surface area contributed by atoms with E-state index in [0.717, 1.165) is 56.0 Å². The number of carboxylic acids is 1. The summed E-state index contributed by atoms with van der Waals surface area (Å²) >= 11 is 0. The lowest BCUT2D eigenvalue weighted by atomic mass is 10.1. The first-order chi connectivity index (χ1) is 13.8. The second kappa shape index (κ2) is 9.22. The van der Waals surface area contributed by atoms with Crippen molar-refractivity contribution in [1.29, 1.82) is 0 Å². The van der Waals surface area contributed by atoms with E-state index in [-0.39, 0.29) is 18.5 Å². The van der Waals surface area contributed by atoms with Crippen molar-refractivity contribution < 1.29 is 14.7 Å². The van der Waals surface area contributed by atoms with Gasteiger partial charge in [-0.2, -0.15) is 5.10 Å². The minimum atomic E-state index is -0.955. The molecule has 1 aliphatic rings. The summed E-state index contributed by atoms with van der Waals surface area (Å²) in [5, 5.41) is 13.6. The number of hydrogen-bond donors (Lipinski definition) is 1. The summed E-state index contributed by atoms with van der Waals surface area (Å²) in [5.41, 5.74) is 4.42. The highest BCUT2D eigenvalue weighted by Gasteiger charge is 2.26. The fraction of sp³-hybridized carbons (Fsp3) is 0.500. The molecule has 7 heteroatoms. The fourth-order valence-electron chi connectivity index (χ4n) is 4.14. The zero-order valence-corrected chi connectivity index (χ0v) is 17.5. The van der Waals surface area contributed by atoms with E-state index in [2.05, 4.69) is 47.3 Å². The predicted molar refractivity (Wildman–Crippen MR) is 111 cm³/mol. The van der Waals surface area contributed by atoms with Crippen LogP contribution in [-0.2, 0) is 16.1 Å². The van der Waals surface area contributed by atoms with Crippen molar-refractivity contribution in [1.82, 2.24) is 19.6 Å². The van der Waals surface area contributed by atoms with E-state index >= 15 is 0 Å². The number of carboxylic acid groups (broad SMARTS) is 1. The summed E-state index contributed by atoms with van der Waals surface area (Å²) in [6.07, 6.45) is 2.61. The van der Waals surface area contributed by atoms with E-state index in [1.54, 1.807) is 0 Å². The Morgan fingerprint density at radius 3 is 2.48 bits per heavy atom. The van der Waals surface area contributed by atoms with Crippen LogP contribution < -0.4 is 0 Å². The topological polar surface area (TPSA) is 78.7 Å². The maximum atomic E-state index is 11.9. The molecule has 0 saturated carbocycles. The Morgan fingerprint density at radius 2 is 1.90 bits per heavy atom. The molecule has 7 nitrogen and oxygen atoms in total. The van der Waals surface area contributed by atoms with Crippen molar-refractivity contribution in [2.45, 2.75) is 52.6 Å². The molecule has 1 aliphatic heterocycles. The third kappa shape index (κ3) is 5.44. The van der Waals surface area contributed by atoms with Gasteiger partial charge in [-0.25, -0.2) is 4.68 Å². The molecule has 1 saturated heterocycles. The average molecular weight is 399 g/mol. The Balaban J connectivity index is 1.60. The molecular weight excluding hydrogens is 368 g/mol. The molecular formula is C22H30N4O3. The summed E-state index contributed by atoms with van der Waals surface area (Å²) in [7, 11) is 0. The van der Waals surface area contributed by atoms with Gasteiger partial charge in [0.05, 0.1) is 11.4 Å². The standard InChI is InChI=1S/C22H30N4O3/c1-16-13-17(2)26(23-16)21-8-6-19(7-9-21)14-24-11-4-5-20(10-12-24)25(18(3)27)15-22(28)29/h6-9,13,20H,4-5,10-12,14-15H2,1-3H3,(H,28,29). The maximum absolute atomic E-state index is 11.9. The summed E-state index contributed by atoms with van der Waals surface area (Å²) in [4.78, 5) is 26.9. The summed E-state index contributed by atoms with van der Waals surface area (Å²) in [5.74, 6) is -1.12. The number of hydrogen-bond acceptors (Lipinski definition) is 4. The second-order valence-corrected chi connectivity index (χ2v) is 7.91. The number of aryl methyl sites for hydroxylation is 2. The number of carbonyl (C=O) groups is 2. The quantitative estimate of drug-likeness (QED) is 0.810. The highest BCUT2D eigenvalue weighted by Crippen LogP contribution is 2.20. The van der Waals surface area contributed by atoms with Crippen LogP contribution in [0.2, 0.25) is 0 Å². The number of nitrogens with zero attached hydrogens (tertiary/aromatic N) is 4. The van der Waals surface area contributed by atoms with Crippen molar-refractivity contribution in [3.05, 3.63) is 47.3 Å². The highest BCUT2D eigenvalue weighted by atomic mass is 16.4. The molecule has 0 aliphatic carbocycles. The van der Waals surface area contributed by atoms with Gasteiger partial charge in [-0.05, 0) is 63.4 Å². The Morgan fingerprint density at radius 1 is 1.17 bits per heavy atom. The van der Waals surface area contributed by atoms with Gasteiger partial charge in [-0.1, -0.05) is 12.1 Å². The lowest BCUT2D eigenvalue weighted by Gasteiger charge is -2.29. The molecule has 3 rings (SSSR count). The van der Waals surface area contributed by atoms with Gasteiger partial charge in [0, 0.05) is 31.7 Å². The van der Waals surface area contributed by atoms with Gasteiger partial charge < -0.3 is 10.0 Å². The minimum Gasteiger partial charge on any atom is -0.480 e. The average Bonchev–Trinajstić information content (AvgIpc) is 2.86. The van der Waals surface area contributed by atoms with Crippen LogP contribution in [-0.4, -0.2) is 62.2 Å². The van der Waals surface area contributed by atoms with E-state index in [4.69, 9.17) is 5.11 Å².